The van der Waals surface area contributed by atoms with Crippen molar-refractivity contribution in [2.24, 2.45) is 0 Å². The van der Waals surface area contributed by atoms with Crippen LogP contribution in [0.15, 0.2) is 107 Å². The molecule has 0 saturated carbocycles. The lowest BCUT2D eigenvalue weighted by Crippen LogP contribution is -2.29. The van der Waals surface area contributed by atoms with Crippen LogP contribution in [0.1, 0.15) is 31.8 Å². The van der Waals surface area contributed by atoms with Gasteiger partial charge in [-0.05, 0) is 85.6 Å². The molecule has 0 unspecified atom stereocenters. The number of aromatic hydroxyl groups is 2. The van der Waals surface area contributed by atoms with E-state index in [4.69, 9.17) is 0 Å². The lowest BCUT2D eigenvalue weighted by Gasteiger charge is -2.15. The van der Waals surface area contributed by atoms with E-state index >= 15 is 0 Å². The Morgan fingerprint density at radius 3 is 1.21 bits per heavy atom. The van der Waals surface area contributed by atoms with Crippen molar-refractivity contribution < 1.29 is 55.3 Å². The number of anilines is 4. The second-order valence-electron chi connectivity index (χ2n) is 12.4. The molecule has 0 radical (unpaired) electrons. The highest BCUT2D eigenvalue weighted by Gasteiger charge is 2.23. The van der Waals surface area contributed by atoms with E-state index in [1.54, 1.807) is 13.8 Å². The number of hydrogen-bond acceptors (Lipinski definition) is 10. The van der Waals surface area contributed by atoms with Crippen LogP contribution in [0.3, 0.4) is 0 Å². The summed E-state index contributed by atoms with van der Waals surface area (Å²) in [4.78, 5) is 51.9. The molecule has 0 heterocycles. The Labute approximate surface area is 318 Å². The number of carbonyl (C=O) groups excluding carboxylic acids is 4. The normalized spacial score (nSPS) is 11.6. The third-order valence-corrected chi connectivity index (χ3v) is 10.5. The second kappa shape index (κ2) is 14.8. The van der Waals surface area contributed by atoms with Gasteiger partial charge in [-0.3, -0.25) is 28.3 Å². The van der Waals surface area contributed by atoms with Gasteiger partial charge < -0.3 is 31.5 Å². The molecule has 4 amide bonds. The molecule has 0 aromatic heterocycles. The SMILES string of the molecule is Cc1ccc(NC(=O)C(=O)Nc2ccc(C)c(C(=O)Nc3c(O)ccc4c(S(=O)(=O)O)cccc34)c2)cc1C(=O)Nc1c(O)ccc2c(S(=O)(=O)O)cccc12. The molecule has 0 spiro atoms. The fourth-order valence-electron chi connectivity index (χ4n) is 5.97. The van der Waals surface area contributed by atoms with Gasteiger partial charge in [-0.1, -0.05) is 36.4 Å². The molecule has 0 aliphatic heterocycles. The van der Waals surface area contributed by atoms with E-state index in [0.29, 0.717) is 11.1 Å². The largest absolute Gasteiger partial charge is 0.506 e. The summed E-state index contributed by atoms with van der Waals surface area (Å²) in [6, 6.07) is 21.1. The van der Waals surface area contributed by atoms with Crippen molar-refractivity contribution in [3.63, 3.8) is 0 Å². The molecule has 56 heavy (non-hydrogen) atoms. The van der Waals surface area contributed by atoms with Crippen molar-refractivity contribution in [2.45, 2.75) is 23.6 Å². The van der Waals surface area contributed by atoms with Gasteiger partial charge in [0.2, 0.25) is 0 Å². The zero-order valence-electron chi connectivity index (χ0n) is 29.1. The summed E-state index contributed by atoms with van der Waals surface area (Å²) in [7, 11) is -9.28. The summed E-state index contributed by atoms with van der Waals surface area (Å²) in [5, 5.41) is 31.3. The molecule has 18 heteroatoms. The summed E-state index contributed by atoms with van der Waals surface area (Å²) >= 11 is 0. The standard InChI is InChI=1S/C38H30N4O12S2/c1-19-9-11-21(17-27(19)35(45)41-33-25-5-3-7-31(55(49,50)51)23(25)13-15-29(33)43)39-37(47)38(48)40-22-12-10-20(2)28(18-22)36(46)42-34-26-6-4-8-32(56(52,53)54)24(26)14-16-30(34)44/h3-18,43-44H,1-2H3,(H,39,47)(H,40,48)(H,41,45)(H,42,46)(H,49,50,51)(H,52,53,54). The predicted molar refractivity (Wildman–Crippen MR) is 206 cm³/mol. The maximum atomic E-state index is 13.4. The van der Waals surface area contributed by atoms with E-state index in [1.807, 2.05) is 0 Å². The second-order valence-corrected chi connectivity index (χ2v) is 15.2. The highest BCUT2D eigenvalue weighted by atomic mass is 32.2. The van der Waals surface area contributed by atoms with Crippen LogP contribution in [0.4, 0.5) is 22.7 Å². The first-order valence-electron chi connectivity index (χ1n) is 16.2. The lowest BCUT2D eigenvalue weighted by molar-refractivity contribution is -0.132. The van der Waals surface area contributed by atoms with Crippen molar-refractivity contribution in [1.29, 1.82) is 0 Å². The molecular weight excluding hydrogens is 769 g/mol. The van der Waals surface area contributed by atoms with Crippen molar-refractivity contribution in [2.75, 3.05) is 21.3 Å². The molecule has 0 aliphatic rings. The number of amides is 4. The average Bonchev–Trinajstić information content (AvgIpc) is 3.14. The van der Waals surface area contributed by atoms with Crippen molar-refractivity contribution in [1.82, 2.24) is 0 Å². The molecule has 8 N–H and O–H groups in total. The molecule has 0 atom stereocenters. The molecule has 16 nitrogen and oxygen atoms in total. The summed E-state index contributed by atoms with van der Waals surface area (Å²) < 4.78 is 66.9. The van der Waals surface area contributed by atoms with E-state index in [-0.39, 0.29) is 55.4 Å². The van der Waals surface area contributed by atoms with Crippen LogP contribution in [0.25, 0.3) is 21.5 Å². The Kier molecular flexibility index (Phi) is 10.2. The first-order valence-corrected chi connectivity index (χ1v) is 19.1. The van der Waals surface area contributed by atoms with Crippen molar-refractivity contribution >= 4 is 88.2 Å². The smallest absolute Gasteiger partial charge is 0.314 e. The number of aryl methyl sites for hydroxylation is 2. The van der Waals surface area contributed by atoms with Crippen LogP contribution in [-0.4, -0.2) is 59.8 Å². The number of nitrogens with one attached hydrogen (secondary N) is 4. The van der Waals surface area contributed by atoms with Gasteiger partial charge in [0.15, 0.2) is 0 Å². The molecule has 0 bridgehead atoms. The summed E-state index contributed by atoms with van der Waals surface area (Å²) in [6.07, 6.45) is 0. The minimum atomic E-state index is -4.64. The van der Waals surface area contributed by atoms with Gasteiger partial charge in [0, 0.05) is 44.0 Å². The van der Waals surface area contributed by atoms with Crippen LogP contribution >= 0.6 is 0 Å². The number of rotatable bonds is 8. The number of fused-ring (bicyclic) bond motifs is 2. The number of hydrogen-bond donors (Lipinski definition) is 8. The number of phenolic OH excluding ortho intramolecular Hbond substituents is 2. The predicted octanol–water partition coefficient (Wildman–Crippen LogP) is 5.60. The van der Waals surface area contributed by atoms with E-state index in [9.17, 15) is 55.3 Å². The Morgan fingerprint density at radius 2 is 0.857 bits per heavy atom. The quantitative estimate of drug-likeness (QED) is 0.0532. The number of phenols is 2. The van der Waals surface area contributed by atoms with E-state index in [0.717, 1.165) is 24.3 Å². The molecule has 6 rings (SSSR count). The zero-order chi connectivity index (χ0) is 40.7. The first-order chi connectivity index (χ1) is 26.3. The maximum absolute atomic E-state index is 13.4. The molecule has 0 aliphatic carbocycles. The van der Waals surface area contributed by atoms with Crippen LogP contribution < -0.4 is 21.3 Å². The molecule has 0 fully saturated rings. The fourth-order valence-corrected chi connectivity index (χ4v) is 7.39. The first kappa shape index (κ1) is 38.9. The molecule has 286 valence electrons. The Bertz CT molecular complexity index is 2700. The zero-order valence-corrected chi connectivity index (χ0v) is 30.7. The van der Waals surface area contributed by atoms with E-state index in [1.165, 1.54) is 72.8 Å². The minimum Gasteiger partial charge on any atom is -0.506 e. The Balaban J connectivity index is 1.18. The number of benzene rings is 6. The van der Waals surface area contributed by atoms with Crippen molar-refractivity contribution in [3.05, 3.63) is 119 Å². The lowest BCUT2D eigenvalue weighted by atomic mass is 10.0. The van der Waals surface area contributed by atoms with Crippen LogP contribution in [0.2, 0.25) is 0 Å². The Hall–Kier alpha value is -6.86. The minimum absolute atomic E-state index is 0.0196. The summed E-state index contributed by atoms with van der Waals surface area (Å²) in [5.41, 5.74) is 0.696. The van der Waals surface area contributed by atoms with E-state index < -0.39 is 65.2 Å². The molecule has 6 aromatic carbocycles. The van der Waals surface area contributed by atoms with E-state index in [2.05, 4.69) is 21.3 Å². The van der Waals surface area contributed by atoms with Gasteiger partial charge in [0.05, 0.1) is 11.4 Å². The maximum Gasteiger partial charge on any atom is 0.314 e. The molecule has 6 aromatic rings. The molecular formula is C38H30N4O12S2. The van der Waals surface area contributed by atoms with Gasteiger partial charge in [-0.2, -0.15) is 16.8 Å². The molecule has 0 saturated heterocycles. The van der Waals surface area contributed by atoms with Gasteiger partial charge in [0.25, 0.3) is 32.1 Å². The topological polar surface area (TPSA) is 266 Å². The van der Waals surface area contributed by atoms with Gasteiger partial charge in [0.1, 0.15) is 21.3 Å². The van der Waals surface area contributed by atoms with Gasteiger partial charge >= 0.3 is 11.8 Å². The van der Waals surface area contributed by atoms with Gasteiger partial charge in [-0.25, -0.2) is 0 Å². The highest BCUT2D eigenvalue weighted by molar-refractivity contribution is 7.86. The highest BCUT2D eigenvalue weighted by Crippen LogP contribution is 2.37. The van der Waals surface area contributed by atoms with Crippen LogP contribution in [0, 0.1) is 13.8 Å². The number of carbonyl (C=O) groups is 4. The fraction of sp³-hybridized carbons (Fsp3) is 0.0526. The summed E-state index contributed by atoms with van der Waals surface area (Å²) in [5.74, 6) is -4.60. The third-order valence-electron chi connectivity index (χ3n) is 8.72. The van der Waals surface area contributed by atoms with Crippen LogP contribution in [-0.2, 0) is 29.8 Å². The monoisotopic (exact) mass is 798 g/mol. The van der Waals surface area contributed by atoms with Gasteiger partial charge in [-0.15, -0.1) is 0 Å². The third kappa shape index (κ3) is 7.84. The Morgan fingerprint density at radius 1 is 0.482 bits per heavy atom. The summed E-state index contributed by atoms with van der Waals surface area (Å²) in [6.45, 7) is 3.19. The van der Waals surface area contributed by atoms with Crippen LogP contribution in [0.5, 0.6) is 11.5 Å². The van der Waals surface area contributed by atoms with Crippen molar-refractivity contribution in [3.8, 4) is 11.5 Å². The average molecular weight is 799 g/mol.